The zero-order valence-electron chi connectivity index (χ0n) is 8.54. The summed E-state index contributed by atoms with van der Waals surface area (Å²) in [7, 11) is 1.52. The summed E-state index contributed by atoms with van der Waals surface area (Å²) in [6.45, 7) is 0.447. The minimum atomic E-state index is -4.40. The lowest BCUT2D eigenvalue weighted by molar-refractivity contribution is -0.137. The topological polar surface area (TPSA) is 48.1 Å². The van der Waals surface area contributed by atoms with E-state index in [1.807, 2.05) is 0 Å². The second kappa shape index (κ2) is 5.40. The molecule has 0 aliphatic carbocycles. The van der Waals surface area contributed by atoms with E-state index in [0.717, 1.165) is 12.1 Å². The first-order valence-electron chi connectivity index (χ1n) is 4.40. The van der Waals surface area contributed by atoms with Gasteiger partial charge < -0.3 is 10.5 Å². The molecule has 0 spiro atoms. The monoisotopic (exact) mass is 252 g/mol. The first-order valence-corrected chi connectivity index (χ1v) is 5.38. The number of halogens is 3. The van der Waals surface area contributed by atoms with E-state index in [1.165, 1.54) is 18.9 Å². The highest BCUT2D eigenvalue weighted by molar-refractivity contribution is 7.99. The highest BCUT2D eigenvalue weighted by Gasteiger charge is 2.31. The number of alkyl halides is 3. The number of methoxy groups -OCH3 is 1. The van der Waals surface area contributed by atoms with Crippen molar-refractivity contribution in [3.63, 3.8) is 0 Å². The molecule has 1 heterocycles. The Kier molecular flexibility index (Phi) is 4.43. The zero-order chi connectivity index (χ0) is 12.2. The summed E-state index contributed by atoms with van der Waals surface area (Å²) in [5.41, 5.74) is 4.53. The van der Waals surface area contributed by atoms with Crippen LogP contribution < -0.4 is 5.73 Å². The van der Waals surface area contributed by atoms with Crippen LogP contribution in [0.1, 0.15) is 5.56 Å². The number of hydrogen-bond donors (Lipinski definition) is 1. The van der Waals surface area contributed by atoms with Gasteiger partial charge in [0.1, 0.15) is 5.82 Å². The highest BCUT2D eigenvalue weighted by Crippen LogP contribution is 2.32. The van der Waals surface area contributed by atoms with Crippen molar-refractivity contribution in [1.29, 1.82) is 0 Å². The normalized spacial score (nSPS) is 11.8. The molecule has 1 rings (SSSR count). The van der Waals surface area contributed by atoms with Crippen LogP contribution in [-0.2, 0) is 10.9 Å². The number of anilines is 1. The van der Waals surface area contributed by atoms with Gasteiger partial charge in [0.25, 0.3) is 0 Å². The predicted octanol–water partition coefficient (Wildman–Crippen LogP) is 2.42. The molecule has 1 aromatic heterocycles. The SMILES string of the molecule is COCCSc1cc(C(F)(F)F)cc(N)n1. The molecule has 16 heavy (non-hydrogen) atoms. The van der Waals surface area contributed by atoms with Gasteiger partial charge >= 0.3 is 6.18 Å². The molecule has 0 atom stereocenters. The first-order chi connectivity index (χ1) is 7.43. The van der Waals surface area contributed by atoms with Crippen LogP contribution in [0.25, 0.3) is 0 Å². The van der Waals surface area contributed by atoms with Crippen molar-refractivity contribution in [3.8, 4) is 0 Å². The molecule has 7 heteroatoms. The Morgan fingerprint density at radius 3 is 2.69 bits per heavy atom. The van der Waals surface area contributed by atoms with E-state index in [9.17, 15) is 13.2 Å². The number of thioether (sulfide) groups is 1. The Bertz CT molecular complexity index is 357. The van der Waals surface area contributed by atoms with Gasteiger partial charge in [-0.25, -0.2) is 4.98 Å². The number of pyridine rings is 1. The number of hydrogen-bond acceptors (Lipinski definition) is 4. The van der Waals surface area contributed by atoms with Crippen LogP contribution in [0.5, 0.6) is 0 Å². The van der Waals surface area contributed by atoms with Gasteiger partial charge in [0, 0.05) is 12.9 Å². The van der Waals surface area contributed by atoms with Crippen LogP contribution >= 0.6 is 11.8 Å². The molecule has 0 aliphatic rings. The van der Waals surface area contributed by atoms with E-state index in [-0.39, 0.29) is 10.8 Å². The lowest BCUT2D eigenvalue weighted by Gasteiger charge is -2.09. The van der Waals surface area contributed by atoms with Gasteiger partial charge in [-0.05, 0) is 12.1 Å². The van der Waals surface area contributed by atoms with Gasteiger partial charge in [-0.3, -0.25) is 0 Å². The third-order valence-corrected chi connectivity index (χ3v) is 2.56. The zero-order valence-corrected chi connectivity index (χ0v) is 9.36. The Morgan fingerprint density at radius 1 is 1.44 bits per heavy atom. The standard InChI is InChI=1S/C9H11F3N2OS/c1-15-2-3-16-8-5-6(9(10,11)12)4-7(13)14-8/h4-5H,2-3H2,1H3,(H2,13,14). The quantitative estimate of drug-likeness (QED) is 0.660. The smallest absolute Gasteiger partial charge is 0.384 e. The van der Waals surface area contributed by atoms with Gasteiger partial charge in [0.05, 0.1) is 17.2 Å². The van der Waals surface area contributed by atoms with Gasteiger partial charge in [-0.2, -0.15) is 13.2 Å². The lowest BCUT2D eigenvalue weighted by Crippen LogP contribution is -2.07. The van der Waals surface area contributed by atoms with Crippen molar-refractivity contribution in [1.82, 2.24) is 4.98 Å². The van der Waals surface area contributed by atoms with Crippen LogP contribution in [0, 0.1) is 0 Å². The molecule has 2 N–H and O–H groups in total. The summed E-state index contributed by atoms with van der Waals surface area (Å²) in [6.07, 6.45) is -4.40. The van der Waals surface area contributed by atoms with Gasteiger partial charge in [-0.15, -0.1) is 11.8 Å². The fraction of sp³-hybridized carbons (Fsp3) is 0.444. The first kappa shape index (κ1) is 13.1. The fourth-order valence-corrected chi connectivity index (χ4v) is 1.83. The van der Waals surface area contributed by atoms with Crippen molar-refractivity contribution < 1.29 is 17.9 Å². The van der Waals surface area contributed by atoms with E-state index in [4.69, 9.17) is 10.5 Å². The molecule has 0 radical (unpaired) electrons. The average Bonchev–Trinajstić information content (AvgIpc) is 2.16. The number of nitrogens with zero attached hydrogens (tertiary/aromatic N) is 1. The summed E-state index contributed by atoms with van der Waals surface area (Å²) >= 11 is 1.17. The van der Waals surface area contributed by atoms with E-state index < -0.39 is 11.7 Å². The number of nitrogens with two attached hydrogens (primary N) is 1. The number of rotatable bonds is 4. The molecular weight excluding hydrogens is 241 g/mol. The summed E-state index contributed by atoms with van der Waals surface area (Å²) in [4.78, 5) is 3.80. The average molecular weight is 252 g/mol. The summed E-state index contributed by atoms with van der Waals surface area (Å²) in [6, 6.07) is 1.80. The third-order valence-electron chi connectivity index (χ3n) is 1.69. The minimum Gasteiger partial charge on any atom is -0.384 e. The molecule has 90 valence electrons. The number of ether oxygens (including phenoxy) is 1. The number of aromatic nitrogens is 1. The van der Waals surface area contributed by atoms with Crippen LogP contribution in [0.3, 0.4) is 0 Å². The van der Waals surface area contributed by atoms with Crippen molar-refractivity contribution in [2.45, 2.75) is 11.2 Å². The van der Waals surface area contributed by atoms with Crippen LogP contribution in [0.15, 0.2) is 17.2 Å². The molecule has 0 amide bonds. The number of nitrogen functional groups attached to an aromatic ring is 1. The fourth-order valence-electron chi connectivity index (χ4n) is 0.993. The molecule has 0 bridgehead atoms. The summed E-state index contributed by atoms with van der Waals surface area (Å²) in [5, 5.41) is 0.254. The highest BCUT2D eigenvalue weighted by atomic mass is 32.2. The molecule has 0 unspecified atom stereocenters. The van der Waals surface area contributed by atoms with Crippen molar-refractivity contribution in [2.75, 3.05) is 25.2 Å². The summed E-state index contributed by atoms with van der Waals surface area (Å²) < 4.78 is 42.0. The van der Waals surface area contributed by atoms with Gasteiger partial charge in [0.15, 0.2) is 0 Å². The van der Waals surface area contributed by atoms with Crippen LogP contribution in [0.2, 0.25) is 0 Å². The van der Waals surface area contributed by atoms with Crippen molar-refractivity contribution in [2.24, 2.45) is 0 Å². The Labute approximate surface area is 95.2 Å². The van der Waals surface area contributed by atoms with E-state index >= 15 is 0 Å². The molecule has 0 saturated carbocycles. The molecule has 1 aromatic rings. The van der Waals surface area contributed by atoms with E-state index in [2.05, 4.69) is 4.98 Å². The Hall–Kier alpha value is -0.950. The van der Waals surface area contributed by atoms with Crippen LogP contribution in [-0.4, -0.2) is 24.5 Å². The summed E-state index contributed by atoms with van der Waals surface area (Å²) in [5.74, 6) is 0.402. The second-order valence-electron chi connectivity index (χ2n) is 2.96. The van der Waals surface area contributed by atoms with E-state index in [1.54, 1.807) is 0 Å². The third kappa shape index (κ3) is 3.90. The molecule has 0 fully saturated rings. The lowest BCUT2D eigenvalue weighted by atomic mass is 10.2. The maximum absolute atomic E-state index is 12.4. The minimum absolute atomic E-state index is 0.130. The molecule has 3 nitrogen and oxygen atoms in total. The van der Waals surface area contributed by atoms with Gasteiger partial charge in [0.2, 0.25) is 0 Å². The predicted molar refractivity (Wildman–Crippen MR) is 56.3 cm³/mol. The van der Waals surface area contributed by atoms with Gasteiger partial charge in [-0.1, -0.05) is 0 Å². The molecule has 0 aliphatic heterocycles. The van der Waals surface area contributed by atoms with Crippen LogP contribution in [0.4, 0.5) is 19.0 Å². The molecular formula is C9H11F3N2OS. The van der Waals surface area contributed by atoms with Crippen molar-refractivity contribution >= 4 is 17.6 Å². The maximum Gasteiger partial charge on any atom is 0.416 e. The van der Waals surface area contributed by atoms with E-state index in [0.29, 0.717) is 12.4 Å². The van der Waals surface area contributed by atoms with Crippen molar-refractivity contribution in [3.05, 3.63) is 17.7 Å². The Morgan fingerprint density at radius 2 is 2.12 bits per heavy atom. The molecule has 0 saturated heterocycles. The maximum atomic E-state index is 12.4. The Balaban J connectivity index is 2.82. The molecule has 0 aromatic carbocycles. The second-order valence-corrected chi connectivity index (χ2v) is 4.07. The largest absolute Gasteiger partial charge is 0.416 e.